The van der Waals surface area contributed by atoms with E-state index < -0.39 is 0 Å². The molecule has 23 heavy (non-hydrogen) atoms. The molecule has 5 nitrogen and oxygen atoms in total. The van der Waals surface area contributed by atoms with E-state index >= 15 is 0 Å². The molecule has 0 aromatic heterocycles. The zero-order valence-electron chi connectivity index (χ0n) is 13.0. The predicted octanol–water partition coefficient (Wildman–Crippen LogP) is 2.31. The Kier molecular flexibility index (Phi) is 5.41. The highest BCUT2D eigenvalue weighted by Gasteiger charge is 2.23. The maximum atomic E-state index is 12.1. The van der Waals surface area contributed by atoms with Gasteiger partial charge in [0, 0.05) is 30.7 Å². The summed E-state index contributed by atoms with van der Waals surface area (Å²) in [5.41, 5.74) is 1.26. The van der Waals surface area contributed by atoms with Crippen molar-refractivity contribution in [2.45, 2.75) is 25.4 Å². The lowest BCUT2D eigenvalue weighted by Crippen LogP contribution is -2.45. The average Bonchev–Trinajstić information content (AvgIpc) is 2.59. The van der Waals surface area contributed by atoms with Crippen LogP contribution >= 0.6 is 11.6 Å². The topological polar surface area (TPSA) is 50.8 Å². The molecule has 1 N–H and O–H groups in total. The number of carbonyl (C=O) groups is 1. The Labute approximate surface area is 141 Å². The van der Waals surface area contributed by atoms with E-state index in [1.165, 1.54) is 11.8 Å². The first-order valence-electron chi connectivity index (χ1n) is 7.93. The molecule has 0 spiro atoms. The zero-order chi connectivity index (χ0) is 16.1. The molecule has 1 fully saturated rings. The number of hydrogen-bond acceptors (Lipinski definition) is 4. The molecule has 1 aromatic carbocycles. The summed E-state index contributed by atoms with van der Waals surface area (Å²) in [6, 6.07) is 8.15. The fraction of sp³-hybridized carbons (Fsp3) is 0.471. The second-order valence-electron chi connectivity index (χ2n) is 5.85. The largest absolute Gasteiger partial charge is 0.494 e. The van der Waals surface area contributed by atoms with Crippen molar-refractivity contribution in [2.75, 3.05) is 26.3 Å². The van der Waals surface area contributed by atoms with Gasteiger partial charge in [0.1, 0.15) is 19.5 Å². The number of ether oxygens (including phenoxy) is 2. The number of amides is 1. The first-order valence-corrected chi connectivity index (χ1v) is 8.31. The molecule has 0 unspecified atom stereocenters. The van der Waals surface area contributed by atoms with E-state index in [1.807, 2.05) is 12.1 Å². The molecule has 0 saturated carbocycles. The molecule has 1 saturated heterocycles. The van der Waals surface area contributed by atoms with Gasteiger partial charge in [-0.1, -0.05) is 23.7 Å². The smallest absolute Gasteiger partial charge is 0.289 e. The second-order valence-corrected chi connectivity index (χ2v) is 6.29. The van der Waals surface area contributed by atoms with Crippen LogP contribution in [0.5, 0.6) is 0 Å². The Hall–Kier alpha value is -1.72. The Morgan fingerprint density at radius 2 is 1.96 bits per heavy atom. The SMILES string of the molecule is O=C(NC1CCN(Cc2ccc(Cl)cc2)CC1)C1=COCCO1. The first-order chi connectivity index (χ1) is 11.2. The van der Waals surface area contributed by atoms with Crippen LogP contribution in [-0.2, 0) is 20.8 Å². The van der Waals surface area contributed by atoms with Crippen molar-refractivity contribution < 1.29 is 14.3 Å². The monoisotopic (exact) mass is 336 g/mol. The van der Waals surface area contributed by atoms with Gasteiger partial charge in [-0.3, -0.25) is 9.69 Å². The number of benzene rings is 1. The van der Waals surface area contributed by atoms with Gasteiger partial charge in [-0.15, -0.1) is 0 Å². The summed E-state index contributed by atoms with van der Waals surface area (Å²) in [7, 11) is 0. The zero-order valence-corrected chi connectivity index (χ0v) is 13.7. The van der Waals surface area contributed by atoms with Gasteiger partial charge in [-0.25, -0.2) is 0 Å². The van der Waals surface area contributed by atoms with Gasteiger partial charge in [-0.2, -0.15) is 0 Å². The standard InChI is InChI=1S/C17H21ClN2O3/c18-14-3-1-13(2-4-14)11-20-7-5-15(6-8-20)19-17(21)16-12-22-9-10-23-16/h1-4,12,15H,5-11H2,(H,19,21). The summed E-state index contributed by atoms with van der Waals surface area (Å²) < 4.78 is 10.4. The fourth-order valence-corrected chi connectivity index (χ4v) is 2.95. The van der Waals surface area contributed by atoms with Crippen LogP contribution in [0.4, 0.5) is 0 Å². The molecular formula is C17H21ClN2O3. The maximum Gasteiger partial charge on any atom is 0.289 e. The summed E-state index contributed by atoms with van der Waals surface area (Å²) in [5.74, 6) is 0.0979. The number of piperidine rings is 1. The van der Waals surface area contributed by atoms with Crippen molar-refractivity contribution in [3.8, 4) is 0 Å². The summed E-state index contributed by atoms with van der Waals surface area (Å²) in [5, 5.41) is 3.79. The Balaban J connectivity index is 1.44. The summed E-state index contributed by atoms with van der Waals surface area (Å²) in [6.07, 6.45) is 3.27. The molecule has 0 atom stereocenters. The lowest BCUT2D eigenvalue weighted by atomic mass is 10.0. The molecule has 1 aromatic rings. The lowest BCUT2D eigenvalue weighted by molar-refractivity contribution is -0.123. The van der Waals surface area contributed by atoms with Gasteiger partial charge < -0.3 is 14.8 Å². The molecule has 2 aliphatic rings. The number of rotatable bonds is 4. The molecule has 3 rings (SSSR count). The number of likely N-dealkylation sites (tertiary alicyclic amines) is 1. The normalized spacial score (nSPS) is 19.4. The fourth-order valence-electron chi connectivity index (χ4n) is 2.83. The van der Waals surface area contributed by atoms with Gasteiger partial charge in [0.25, 0.3) is 5.91 Å². The van der Waals surface area contributed by atoms with Gasteiger partial charge in [0.2, 0.25) is 5.76 Å². The Morgan fingerprint density at radius 1 is 1.22 bits per heavy atom. The lowest BCUT2D eigenvalue weighted by Gasteiger charge is -2.32. The van der Waals surface area contributed by atoms with Crippen LogP contribution in [0.15, 0.2) is 36.3 Å². The van der Waals surface area contributed by atoms with Crippen molar-refractivity contribution >= 4 is 17.5 Å². The van der Waals surface area contributed by atoms with Crippen molar-refractivity contribution in [3.63, 3.8) is 0 Å². The van der Waals surface area contributed by atoms with Crippen LogP contribution in [0.2, 0.25) is 5.02 Å². The number of hydrogen-bond donors (Lipinski definition) is 1. The van der Waals surface area contributed by atoms with E-state index in [9.17, 15) is 4.79 Å². The van der Waals surface area contributed by atoms with E-state index in [-0.39, 0.29) is 17.7 Å². The summed E-state index contributed by atoms with van der Waals surface area (Å²) in [4.78, 5) is 14.5. The molecule has 0 bridgehead atoms. The molecule has 124 valence electrons. The van der Waals surface area contributed by atoms with E-state index in [2.05, 4.69) is 22.3 Å². The van der Waals surface area contributed by atoms with Crippen molar-refractivity contribution in [3.05, 3.63) is 46.9 Å². The molecule has 2 aliphatic heterocycles. The number of nitrogens with one attached hydrogen (secondary N) is 1. The first kappa shape index (κ1) is 16.1. The molecular weight excluding hydrogens is 316 g/mol. The summed E-state index contributed by atoms with van der Waals surface area (Å²) >= 11 is 5.91. The third-order valence-corrected chi connectivity index (χ3v) is 4.37. The van der Waals surface area contributed by atoms with Gasteiger partial charge in [0.05, 0.1) is 0 Å². The highest BCUT2D eigenvalue weighted by molar-refractivity contribution is 6.30. The average molecular weight is 337 g/mol. The Morgan fingerprint density at radius 3 is 2.61 bits per heavy atom. The Bertz CT molecular complexity index is 566. The highest BCUT2D eigenvalue weighted by Crippen LogP contribution is 2.16. The molecule has 2 heterocycles. The van der Waals surface area contributed by atoms with E-state index in [0.29, 0.717) is 13.2 Å². The molecule has 6 heteroatoms. The van der Waals surface area contributed by atoms with E-state index in [4.69, 9.17) is 21.1 Å². The van der Waals surface area contributed by atoms with Gasteiger partial charge >= 0.3 is 0 Å². The molecule has 0 aliphatic carbocycles. The number of nitrogens with zero attached hydrogens (tertiary/aromatic N) is 1. The molecule has 0 radical (unpaired) electrons. The van der Waals surface area contributed by atoms with E-state index in [1.54, 1.807) is 0 Å². The minimum atomic E-state index is -0.180. The quantitative estimate of drug-likeness (QED) is 0.916. The van der Waals surface area contributed by atoms with Crippen LogP contribution in [0, 0.1) is 0 Å². The third kappa shape index (κ3) is 4.62. The predicted molar refractivity (Wildman–Crippen MR) is 87.9 cm³/mol. The van der Waals surface area contributed by atoms with Crippen molar-refractivity contribution in [1.82, 2.24) is 10.2 Å². The van der Waals surface area contributed by atoms with Gasteiger partial charge in [0.15, 0.2) is 0 Å². The van der Waals surface area contributed by atoms with E-state index in [0.717, 1.165) is 37.5 Å². The van der Waals surface area contributed by atoms with Crippen LogP contribution in [0.1, 0.15) is 18.4 Å². The maximum absolute atomic E-state index is 12.1. The van der Waals surface area contributed by atoms with Crippen LogP contribution in [0.3, 0.4) is 0 Å². The molecule has 1 amide bonds. The van der Waals surface area contributed by atoms with Crippen LogP contribution < -0.4 is 5.32 Å². The summed E-state index contributed by atoms with van der Waals surface area (Å²) in [6.45, 7) is 3.77. The minimum Gasteiger partial charge on any atom is -0.494 e. The van der Waals surface area contributed by atoms with Crippen LogP contribution in [-0.4, -0.2) is 43.2 Å². The van der Waals surface area contributed by atoms with Crippen LogP contribution in [0.25, 0.3) is 0 Å². The number of halogens is 1. The van der Waals surface area contributed by atoms with Crippen molar-refractivity contribution in [1.29, 1.82) is 0 Å². The third-order valence-electron chi connectivity index (χ3n) is 4.12. The highest BCUT2D eigenvalue weighted by atomic mass is 35.5. The van der Waals surface area contributed by atoms with Crippen molar-refractivity contribution in [2.24, 2.45) is 0 Å². The van der Waals surface area contributed by atoms with Gasteiger partial charge in [-0.05, 0) is 30.5 Å². The second kappa shape index (κ2) is 7.70. The number of carbonyl (C=O) groups excluding carboxylic acids is 1. The minimum absolute atomic E-state index is 0.180.